The van der Waals surface area contributed by atoms with Crippen LogP contribution in [0, 0.1) is 12.7 Å². The highest BCUT2D eigenvalue weighted by Crippen LogP contribution is 2.22. The molecule has 0 saturated carbocycles. The number of hydrogen-bond acceptors (Lipinski definition) is 3. The molecule has 1 aromatic heterocycles. The maximum Gasteiger partial charge on any atom is 0.328 e. The molecule has 0 aliphatic heterocycles. The zero-order chi connectivity index (χ0) is 17.6. The first kappa shape index (κ1) is 16.3. The zero-order valence-corrected chi connectivity index (χ0v) is 14.2. The molecule has 0 unspecified atom stereocenters. The van der Waals surface area contributed by atoms with Crippen LogP contribution >= 0.6 is 0 Å². The predicted molar refractivity (Wildman–Crippen MR) is 90.1 cm³/mol. The van der Waals surface area contributed by atoms with Crippen LogP contribution in [0.3, 0.4) is 0 Å². The number of benzene rings is 2. The highest BCUT2D eigenvalue weighted by Gasteiger charge is 2.17. The number of fused-ring (bicyclic) bond motifs is 1. The second-order valence-electron chi connectivity index (χ2n) is 5.62. The summed E-state index contributed by atoms with van der Waals surface area (Å²) in [6.07, 6.45) is 0. The van der Waals surface area contributed by atoms with E-state index in [-0.39, 0.29) is 10.6 Å². The first-order valence-electron chi connectivity index (χ1n) is 7.15. The van der Waals surface area contributed by atoms with E-state index in [2.05, 4.69) is 4.72 Å². The van der Waals surface area contributed by atoms with Crippen molar-refractivity contribution in [2.45, 2.75) is 11.8 Å². The third-order valence-corrected chi connectivity index (χ3v) is 5.36. The number of nitrogens with zero attached hydrogens (tertiary/aromatic N) is 2. The molecule has 0 spiro atoms. The van der Waals surface area contributed by atoms with Crippen molar-refractivity contribution in [3.8, 4) is 0 Å². The molecule has 0 saturated heterocycles. The van der Waals surface area contributed by atoms with Gasteiger partial charge in [0, 0.05) is 14.1 Å². The summed E-state index contributed by atoms with van der Waals surface area (Å²) in [5.41, 5.74) is 1.74. The molecule has 126 valence electrons. The van der Waals surface area contributed by atoms with Gasteiger partial charge in [0.15, 0.2) is 0 Å². The van der Waals surface area contributed by atoms with E-state index in [4.69, 9.17) is 0 Å². The Morgan fingerprint density at radius 1 is 1.00 bits per heavy atom. The Hall–Kier alpha value is -2.61. The summed E-state index contributed by atoms with van der Waals surface area (Å²) in [6.45, 7) is 1.56. The number of hydrogen-bond donors (Lipinski definition) is 1. The van der Waals surface area contributed by atoms with E-state index in [1.165, 1.54) is 21.3 Å². The van der Waals surface area contributed by atoms with Gasteiger partial charge in [-0.2, -0.15) is 0 Å². The zero-order valence-electron chi connectivity index (χ0n) is 13.4. The van der Waals surface area contributed by atoms with Gasteiger partial charge in [0.1, 0.15) is 5.82 Å². The summed E-state index contributed by atoms with van der Waals surface area (Å²) < 4.78 is 43.8. The molecular formula is C16H16FN3O3S. The van der Waals surface area contributed by atoms with Crippen molar-refractivity contribution >= 4 is 26.7 Å². The Balaban J connectivity index is 2.04. The highest BCUT2D eigenvalue weighted by atomic mass is 32.2. The third kappa shape index (κ3) is 2.58. The molecule has 0 amide bonds. The monoisotopic (exact) mass is 349 g/mol. The summed E-state index contributed by atoms with van der Waals surface area (Å²) in [6, 6.07) is 8.52. The fourth-order valence-corrected chi connectivity index (χ4v) is 3.59. The van der Waals surface area contributed by atoms with Gasteiger partial charge in [0.05, 0.1) is 21.6 Å². The van der Waals surface area contributed by atoms with E-state index in [9.17, 15) is 17.6 Å². The van der Waals surface area contributed by atoms with Crippen molar-refractivity contribution in [1.82, 2.24) is 9.13 Å². The van der Waals surface area contributed by atoms with Gasteiger partial charge in [-0.3, -0.25) is 13.9 Å². The number of nitrogens with one attached hydrogen (secondary N) is 1. The van der Waals surface area contributed by atoms with Crippen LogP contribution in [0.25, 0.3) is 11.0 Å². The predicted octanol–water partition coefficient (Wildman–Crippen LogP) is 2.13. The van der Waals surface area contributed by atoms with E-state index < -0.39 is 15.8 Å². The van der Waals surface area contributed by atoms with Crippen LogP contribution in [0.2, 0.25) is 0 Å². The van der Waals surface area contributed by atoms with E-state index in [0.29, 0.717) is 22.3 Å². The van der Waals surface area contributed by atoms with Crippen LogP contribution in [-0.4, -0.2) is 17.6 Å². The molecule has 1 N–H and O–H groups in total. The van der Waals surface area contributed by atoms with Gasteiger partial charge < -0.3 is 0 Å². The van der Waals surface area contributed by atoms with Crippen LogP contribution in [0.1, 0.15) is 5.56 Å². The van der Waals surface area contributed by atoms with Gasteiger partial charge in [0.2, 0.25) is 0 Å². The lowest BCUT2D eigenvalue weighted by molar-refractivity contribution is 0.593. The lowest BCUT2D eigenvalue weighted by atomic mass is 10.2. The Bertz CT molecular complexity index is 1110. The van der Waals surface area contributed by atoms with E-state index in [1.54, 1.807) is 39.2 Å². The fraction of sp³-hybridized carbons (Fsp3) is 0.188. The molecular weight excluding hydrogens is 333 g/mol. The van der Waals surface area contributed by atoms with Crippen LogP contribution in [0.15, 0.2) is 46.1 Å². The number of halogens is 1. The molecule has 0 atom stereocenters. The summed E-state index contributed by atoms with van der Waals surface area (Å²) >= 11 is 0. The standard InChI is InChI=1S/C16H16FN3O3S/c1-10-4-6-12(9-13(10)17)24(22,23)18-11-5-7-14-15(8-11)20(3)16(21)19(14)2/h4-9,18H,1-3H3. The average Bonchev–Trinajstić information content (AvgIpc) is 2.74. The van der Waals surface area contributed by atoms with Crippen molar-refractivity contribution in [2.75, 3.05) is 4.72 Å². The minimum atomic E-state index is -3.92. The topological polar surface area (TPSA) is 73.1 Å². The summed E-state index contributed by atoms with van der Waals surface area (Å²) in [4.78, 5) is 11.8. The second kappa shape index (κ2) is 5.48. The Morgan fingerprint density at radius 2 is 1.67 bits per heavy atom. The van der Waals surface area contributed by atoms with Gasteiger partial charge in [-0.05, 0) is 42.8 Å². The molecule has 6 nitrogen and oxygen atoms in total. The number of aryl methyl sites for hydroxylation is 3. The minimum absolute atomic E-state index is 0.160. The molecule has 3 aromatic rings. The maximum absolute atomic E-state index is 13.6. The highest BCUT2D eigenvalue weighted by molar-refractivity contribution is 7.92. The Kier molecular flexibility index (Phi) is 3.71. The molecule has 0 bridgehead atoms. The maximum atomic E-state index is 13.6. The lowest BCUT2D eigenvalue weighted by Gasteiger charge is -2.09. The Labute approximate surface area is 138 Å². The number of imidazole rings is 1. The largest absolute Gasteiger partial charge is 0.328 e. The van der Waals surface area contributed by atoms with Crippen molar-refractivity contribution < 1.29 is 12.8 Å². The molecule has 0 aliphatic rings. The minimum Gasteiger partial charge on any atom is -0.295 e. The Morgan fingerprint density at radius 3 is 2.33 bits per heavy atom. The van der Waals surface area contributed by atoms with Gasteiger partial charge in [-0.15, -0.1) is 0 Å². The first-order chi connectivity index (χ1) is 11.2. The molecule has 0 aliphatic carbocycles. The van der Waals surface area contributed by atoms with Crippen LogP contribution in [0.4, 0.5) is 10.1 Å². The van der Waals surface area contributed by atoms with Gasteiger partial charge in [0.25, 0.3) is 10.0 Å². The first-order valence-corrected chi connectivity index (χ1v) is 8.63. The third-order valence-electron chi connectivity index (χ3n) is 3.98. The summed E-state index contributed by atoms with van der Waals surface area (Å²) in [5, 5.41) is 0. The summed E-state index contributed by atoms with van der Waals surface area (Å²) in [5.74, 6) is -0.584. The fourth-order valence-electron chi connectivity index (χ4n) is 2.53. The smallest absolute Gasteiger partial charge is 0.295 e. The number of rotatable bonds is 3. The normalized spacial score (nSPS) is 11.8. The number of anilines is 1. The van der Waals surface area contributed by atoms with Gasteiger partial charge >= 0.3 is 5.69 Å². The van der Waals surface area contributed by atoms with E-state index in [1.807, 2.05) is 0 Å². The van der Waals surface area contributed by atoms with Crippen molar-refractivity contribution in [1.29, 1.82) is 0 Å². The number of aromatic nitrogens is 2. The SMILES string of the molecule is Cc1ccc(S(=O)(=O)Nc2ccc3c(c2)n(C)c(=O)n3C)cc1F. The molecule has 1 heterocycles. The van der Waals surface area contributed by atoms with Gasteiger partial charge in [-0.1, -0.05) is 6.07 Å². The average molecular weight is 349 g/mol. The van der Waals surface area contributed by atoms with Crippen molar-refractivity contribution in [2.24, 2.45) is 14.1 Å². The summed E-state index contributed by atoms with van der Waals surface area (Å²) in [7, 11) is -0.670. The van der Waals surface area contributed by atoms with E-state index >= 15 is 0 Å². The number of sulfonamides is 1. The second-order valence-corrected chi connectivity index (χ2v) is 7.30. The molecule has 8 heteroatoms. The quantitative estimate of drug-likeness (QED) is 0.787. The lowest BCUT2D eigenvalue weighted by Crippen LogP contribution is -2.19. The molecule has 0 radical (unpaired) electrons. The van der Waals surface area contributed by atoms with Crippen molar-refractivity contribution in [3.05, 3.63) is 58.3 Å². The molecule has 3 rings (SSSR count). The van der Waals surface area contributed by atoms with Crippen LogP contribution in [0.5, 0.6) is 0 Å². The van der Waals surface area contributed by atoms with Crippen LogP contribution in [-0.2, 0) is 24.1 Å². The molecule has 2 aromatic carbocycles. The molecule has 24 heavy (non-hydrogen) atoms. The van der Waals surface area contributed by atoms with E-state index in [0.717, 1.165) is 6.07 Å². The van der Waals surface area contributed by atoms with Crippen LogP contribution < -0.4 is 10.4 Å². The van der Waals surface area contributed by atoms with Crippen molar-refractivity contribution in [3.63, 3.8) is 0 Å². The van der Waals surface area contributed by atoms with Gasteiger partial charge in [-0.25, -0.2) is 17.6 Å². The molecule has 0 fully saturated rings.